The first kappa shape index (κ1) is 11.9. The summed E-state index contributed by atoms with van der Waals surface area (Å²) in [6, 6.07) is 3.13. The highest BCUT2D eigenvalue weighted by Crippen LogP contribution is 2.22. The van der Waals surface area contributed by atoms with Gasteiger partial charge >= 0.3 is 5.97 Å². The number of benzene rings is 1. The summed E-state index contributed by atoms with van der Waals surface area (Å²) in [5, 5.41) is 18.8. The number of imide groups is 1. The molecule has 2 N–H and O–H groups in total. The first-order valence-electron chi connectivity index (χ1n) is 5.08. The Labute approximate surface area is 101 Å². The summed E-state index contributed by atoms with van der Waals surface area (Å²) >= 11 is 0. The molecular formula is C11H9NO6. The molecule has 1 heterocycles. The van der Waals surface area contributed by atoms with Crippen LogP contribution in [0.4, 0.5) is 0 Å². The van der Waals surface area contributed by atoms with Crippen LogP contribution in [0.15, 0.2) is 18.2 Å². The Bertz CT molecular complexity index is 502. The standard InChI is InChI=1S/C11H9NO6/c13-7-3-6(4-8(14)5-7)11(17)18-12-9(15)1-2-10(12)16/h3-5,13-14H,1-2H2. The minimum atomic E-state index is -1.01. The molecule has 0 radical (unpaired) electrons. The van der Waals surface area contributed by atoms with Gasteiger partial charge in [0.15, 0.2) is 0 Å². The minimum Gasteiger partial charge on any atom is -0.508 e. The largest absolute Gasteiger partial charge is 0.508 e. The fourth-order valence-corrected chi connectivity index (χ4v) is 1.51. The van der Waals surface area contributed by atoms with E-state index in [1.165, 1.54) is 0 Å². The van der Waals surface area contributed by atoms with Crippen LogP contribution in [-0.2, 0) is 14.4 Å². The van der Waals surface area contributed by atoms with Gasteiger partial charge in [-0.05, 0) is 12.1 Å². The maximum absolute atomic E-state index is 11.6. The number of carbonyl (C=O) groups excluding carboxylic acids is 3. The van der Waals surface area contributed by atoms with Crippen molar-refractivity contribution in [2.45, 2.75) is 12.8 Å². The van der Waals surface area contributed by atoms with E-state index in [0.29, 0.717) is 5.06 Å². The molecule has 1 aromatic rings. The Kier molecular flexibility index (Phi) is 2.88. The predicted molar refractivity (Wildman–Crippen MR) is 56.3 cm³/mol. The maximum atomic E-state index is 11.6. The topological polar surface area (TPSA) is 104 Å². The van der Waals surface area contributed by atoms with Crippen LogP contribution in [0.2, 0.25) is 0 Å². The summed E-state index contributed by atoms with van der Waals surface area (Å²) in [5.74, 6) is -2.87. The Hall–Kier alpha value is -2.57. The first-order valence-corrected chi connectivity index (χ1v) is 5.08. The van der Waals surface area contributed by atoms with Gasteiger partial charge in [-0.15, -0.1) is 5.06 Å². The number of hydrogen-bond acceptors (Lipinski definition) is 6. The molecule has 2 amide bonds. The van der Waals surface area contributed by atoms with Gasteiger partial charge in [0.1, 0.15) is 11.5 Å². The third kappa shape index (κ3) is 2.24. The number of phenols is 2. The van der Waals surface area contributed by atoms with Crippen molar-refractivity contribution in [3.05, 3.63) is 23.8 Å². The van der Waals surface area contributed by atoms with Crippen molar-refractivity contribution >= 4 is 17.8 Å². The van der Waals surface area contributed by atoms with Gasteiger partial charge < -0.3 is 15.1 Å². The smallest absolute Gasteiger partial charge is 0.364 e. The van der Waals surface area contributed by atoms with Gasteiger partial charge in [0.2, 0.25) is 0 Å². The van der Waals surface area contributed by atoms with Gasteiger partial charge in [-0.1, -0.05) is 0 Å². The van der Waals surface area contributed by atoms with E-state index in [-0.39, 0.29) is 29.9 Å². The highest BCUT2D eigenvalue weighted by molar-refractivity contribution is 6.02. The third-order valence-corrected chi connectivity index (χ3v) is 2.32. The number of aromatic hydroxyl groups is 2. The van der Waals surface area contributed by atoms with E-state index in [2.05, 4.69) is 4.84 Å². The Balaban J connectivity index is 2.17. The lowest BCUT2D eigenvalue weighted by molar-refractivity contribution is -0.172. The zero-order valence-electron chi connectivity index (χ0n) is 9.12. The van der Waals surface area contributed by atoms with Crippen molar-refractivity contribution in [1.29, 1.82) is 0 Å². The molecule has 0 spiro atoms. The highest BCUT2D eigenvalue weighted by Gasteiger charge is 2.33. The summed E-state index contributed by atoms with van der Waals surface area (Å²) in [6.07, 6.45) is -0.00515. The summed E-state index contributed by atoms with van der Waals surface area (Å²) < 4.78 is 0. The molecule has 1 aliphatic rings. The lowest BCUT2D eigenvalue weighted by Gasteiger charge is -2.12. The highest BCUT2D eigenvalue weighted by atomic mass is 16.7. The second-order valence-electron chi connectivity index (χ2n) is 3.70. The molecule has 94 valence electrons. The third-order valence-electron chi connectivity index (χ3n) is 2.32. The molecule has 0 unspecified atom stereocenters. The van der Waals surface area contributed by atoms with E-state index in [1.54, 1.807) is 0 Å². The van der Waals surface area contributed by atoms with Crippen LogP contribution in [-0.4, -0.2) is 33.1 Å². The number of hydroxylamine groups is 2. The summed E-state index contributed by atoms with van der Waals surface area (Å²) in [6.45, 7) is 0. The quantitative estimate of drug-likeness (QED) is 0.733. The average molecular weight is 251 g/mol. The molecule has 7 heteroatoms. The molecule has 0 bridgehead atoms. The van der Waals surface area contributed by atoms with E-state index in [0.717, 1.165) is 18.2 Å². The molecule has 18 heavy (non-hydrogen) atoms. The number of amides is 2. The lowest BCUT2D eigenvalue weighted by atomic mass is 10.2. The van der Waals surface area contributed by atoms with Crippen LogP contribution in [0.3, 0.4) is 0 Å². The van der Waals surface area contributed by atoms with E-state index in [9.17, 15) is 24.6 Å². The number of phenolic OH excluding ortho intramolecular Hbond substituents is 2. The fraction of sp³-hybridized carbons (Fsp3) is 0.182. The Morgan fingerprint density at radius 2 is 1.56 bits per heavy atom. The average Bonchev–Trinajstić information content (AvgIpc) is 2.59. The number of carbonyl (C=O) groups is 3. The SMILES string of the molecule is O=C(ON1C(=O)CCC1=O)c1cc(O)cc(O)c1. The van der Waals surface area contributed by atoms with Crippen molar-refractivity contribution in [2.24, 2.45) is 0 Å². The van der Waals surface area contributed by atoms with Crippen molar-refractivity contribution in [1.82, 2.24) is 5.06 Å². The molecule has 1 fully saturated rings. The van der Waals surface area contributed by atoms with Gasteiger partial charge in [0.25, 0.3) is 11.8 Å². The molecule has 0 saturated carbocycles. The van der Waals surface area contributed by atoms with Crippen LogP contribution < -0.4 is 0 Å². The fourth-order valence-electron chi connectivity index (χ4n) is 1.51. The van der Waals surface area contributed by atoms with E-state index in [4.69, 9.17) is 0 Å². The molecule has 1 saturated heterocycles. The second kappa shape index (κ2) is 4.36. The lowest BCUT2D eigenvalue weighted by Crippen LogP contribution is -2.32. The summed E-state index contributed by atoms with van der Waals surface area (Å²) in [4.78, 5) is 38.6. The maximum Gasteiger partial charge on any atom is 0.364 e. The number of nitrogens with zero attached hydrogens (tertiary/aromatic N) is 1. The predicted octanol–water partition coefficient (Wildman–Crippen LogP) is 0.319. The van der Waals surface area contributed by atoms with Crippen molar-refractivity contribution in [2.75, 3.05) is 0 Å². The zero-order valence-corrected chi connectivity index (χ0v) is 9.12. The van der Waals surface area contributed by atoms with Crippen LogP contribution in [0.1, 0.15) is 23.2 Å². The Morgan fingerprint density at radius 1 is 1.06 bits per heavy atom. The van der Waals surface area contributed by atoms with Crippen molar-refractivity contribution in [3.8, 4) is 11.5 Å². The number of rotatable bonds is 2. The molecule has 0 atom stereocenters. The Morgan fingerprint density at radius 3 is 2.06 bits per heavy atom. The van der Waals surface area contributed by atoms with Crippen LogP contribution in [0.25, 0.3) is 0 Å². The molecule has 0 aliphatic carbocycles. The van der Waals surface area contributed by atoms with Gasteiger partial charge in [0, 0.05) is 18.9 Å². The molecule has 1 aliphatic heterocycles. The molecule has 0 aromatic heterocycles. The van der Waals surface area contributed by atoms with Gasteiger partial charge in [-0.25, -0.2) is 4.79 Å². The van der Waals surface area contributed by atoms with E-state index in [1.807, 2.05) is 0 Å². The second-order valence-corrected chi connectivity index (χ2v) is 3.70. The van der Waals surface area contributed by atoms with Gasteiger partial charge in [-0.2, -0.15) is 0 Å². The first-order chi connectivity index (χ1) is 8.47. The summed E-state index contributed by atoms with van der Waals surface area (Å²) in [7, 11) is 0. The minimum absolute atomic E-state index is 0.00258. The van der Waals surface area contributed by atoms with Crippen LogP contribution >= 0.6 is 0 Å². The normalized spacial score (nSPS) is 15.0. The molecule has 2 rings (SSSR count). The van der Waals surface area contributed by atoms with E-state index >= 15 is 0 Å². The van der Waals surface area contributed by atoms with Gasteiger partial charge in [-0.3, -0.25) is 9.59 Å². The van der Waals surface area contributed by atoms with Gasteiger partial charge in [0.05, 0.1) is 5.56 Å². The van der Waals surface area contributed by atoms with Crippen molar-refractivity contribution in [3.63, 3.8) is 0 Å². The molecular weight excluding hydrogens is 242 g/mol. The molecule has 7 nitrogen and oxygen atoms in total. The number of hydrogen-bond donors (Lipinski definition) is 2. The van der Waals surface area contributed by atoms with Crippen LogP contribution in [0.5, 0.6) is 11.5 Å². The monoisotopic (exact) mass is 251 g/mol. The summed E-state index contributed by atoms with van der Waals surface area (Å²) in [5.41, 5.74) is -0.167. The van der Waals surface area contributed by atoms with Crippen LogP contribution in [0, 0.1) is 0 Å². The zero-order chi connectivity index (χ0) is 13.3. The van der Waals surface area contributed by atoms with E-state index < -0.39 is 17.8 Å². The van der Waals surface area contributed by atoms with Crippen molar-refractivity contribution < 1.29 is 29.4 Å². The molecule has 1 aromatic carbocycles.